The lowest BCUT2D eigenvalue weighted by Crippen LogP contribution is -2.50. The highest BCUT2D eigenvalue weighted by Gasteiger charge is 2.72. The molecule has 152 valence electrons. The smallest absolute Gasteiger partial charge is 0.227 e. The number of hydrogen-bond acceptors (Lipinski definition) is 3. The number of halogens is 1. The average molecular weight is 388 g/mol. The van der Waals surface area contributed by atoms with E-state index in [1.165, 1.54) is 11.1 Å². The number of ether oxygens (including phenoxy) is 1. The van der Waals surface area contributed by atoms with Crippen LogP contribution in [0.2, 0.25) is 0 Å². The maximum atomic E-state index is 14.5. The number of carbonyl (C=O) groups excluding carboxylic acids is 2. The molecule has 0 spiro atoms. The first-order valence-electron chi connectivity index (χ1n) is 10.2. The molecule has 5 atom stereocenters. The molecule has 5 nitrogen and oxygen atoms in total. The maximum absolute atomic E-state index is 14.5. The van der Waals surface area contributed by atoms with Crippen LogP contribution in [0.25, 0.3) is 0 Å². The van der Waals surface area contributed by atoms with Crippen LogP contribution in [0.15, 0.2) is 18.2 Å². The van der Waals surface area contributed by atoms with Crippen molar-refractivity contribution in [3.8, 4) is 0 Å². The molecule has 1 aromatic rings. The number of fused-ring (bicyclic) bond motifs is 1. The van der Waals surface area contributed by atoms with Gasteiger partial charge in [0.25, 0.3) is 0 Å². The molecule has 3 aliphatic rings. The first-order chi connectivity index (χ1) is 13.3. The Morgan fingerprint density at radius 2 is 2.04 bits per heavy atom. The normalized spacial score (nSPS) is 33.2. The van der Waals surface area contributed by atoms with Gasteiger partial charge in [0.2, 0.25) is 11.8 Å². The van der Waals surface area contributed by atoms with Gasteiger partial charge in [-0.1, -0.05) is 18.2 Å². The first-order valence-corrected chi connectivity index (χ1v) is 10.2. The third-order valence-corrected chi connectivity index (χ3v) is 7.02. The van der Waals surface area contributed by atoms with Crippen LogP contribution in [0.4, 0.5) is 4.39 Å². The summed E-state index contributed by atoms with van der Waals surface area (Å²) in [6.07, 6.45) is 1.52. The number of carbonyl (C=O) groups is 2. The minimum Gasteiger partial charge on any atom is -0.381 e. The standard InChI is InChI=1S/C22H29FN2O3/c1-13-4-5-15(8-14(13)2)6-7-20(26)25-11-17(23)18(12-25)24-21(27)22-9-16(22)19(10-22)28-3/h4-5,8,16-19H,6-7,9-12H2,1-3H3,(H,24,27)/t16-,17-,18+,19+,22-/m0/s1. The highest BCUT2D eigenvalue weighted by molar-refractivity contribution is 5.88. The number of hydrogen-bond donors (Lipinski definition) is 1. The van der Waals surface area contributed by atoms with Crippen LogP contribution in [0.1, 0.15) is 36.0 Å². The molecule has 1 aromatic carbocycles. The van der Waals surface area contributed by atoms with Crippen LogP contribution in [0.5, 0.6) is 0 Å². The van der Waals surface area contributed by atoms with Crippen LogP contribution >= 0.6 is 0 Å². The van der Waals surface area contributed by atoms with Crippen molar-refractivity contribution in [2.45, 2.75) is 57.8 Å². The SMILES string of the molecule is CO[C@@H]1C[C@@]2(C(=O)N[C@@H]3CN(C(=O)CCc4ccc(C)c(C)c4)C[C@@H]3F)C[C@@H]12. The Morgan fingerprint density at radius 3 is 2.71 bits per heavy atom. The zero-order chi connectivity index (χ0) is 20.1. The molecule has 0 aromatic heterocycles. The summed E-state index contributed by atoms with van der Waals surface area (Å²) in [5.41, 5.74) is 3.23. The zero-order valence-corrected chi connectivity index (χ0v) is 16.8. The molecular formula is C22H29FN2O3. The summed E-state index contributed by atoms with van der Waals surface area (Å²) >= 11 is 0. The molecule has 0 radical (unpaired) electrons. The van der Waals surface area contributed by atoms with E-state index in [0.717, 1.165) is 18.4 Å². The van der Waals surface area contributed by atoms with Gasteiger partial charge in [0.15, 0.2) is 0 Å². The van der Waals surface area contributed by atoms with Gasteiger partial charge in [-0.25, -0.2) is 4.39 Å². The summed E-state index contributed by atoms with van der Waals surface area (Å²) in [7, 11) is 1.67. The van der Waals surface area contributed by atoms with Crippen LogP contribution in [0, 0.1) is 25.2 Å². The predicted octanol–water partition coefficient (Wildman–Crippen LogP) is 2.33. The molecule has 0 unspecified atom stereocenters. The Labute approximate surface area is 165 Å². The van der Waals surface area contributed by atoms with Gasteiger partial charge < -0.3 is 15.0 Å². The van der Waals surface area contributed by atoms with Crippen molar-refractivity contribution in [1.29, 1.82) is 0 Å². The Balaban J connectivity index is 1.27. The van der Waals surface area contributed by atoms with Crippen molar-refractivity contribution in [3.63, 3.8) is 0 Å². The van der Waals surface area contributed by atoms with Gasteiger partial charge in [-0.3, -0.25) is 9.59 Å². The summed E-state index contributed by atoms with van der Waals surface area (Å²) < 4.78 is 19.8. The molecular weight excluding hydrogens is 359 g/mol. The molecule has 4 rings (SSSR count). The molecule has 2 aliphatic carbocycles. The molecule has 3 fully saturated rings. The van der Waals surface area contributed by atoms with E-state index in [1.807, 2.05) is 6.07 Å². The largest absolute Gasteiger partial charge is 0.381 e. The molecule has 28 heavy (non-hydrogen) atoms. The third kappa shape index (κ3) is 3.32. The second kappa shape index (κ2) is 7.14. The van der Waals surface area contributed by atoms with Gasteiger partial charge in [-0.15, -0.1) is 0 Å². The third-order valence-electron chi connectivity index (χ3n) is 7.02. The quantitative estimate of drug-likeness (QED) is 0.814. The number of likely N-dealkylation sites (tertiary alicyclic amines) is 1. The van der Waals surface area contributed by atoms with Crippen molar-refractivity contribution in [2.75, 3.05) is 20.2 Å². The molecule has 0 bridgehead atoms. The molecule has 1 heterocycles. The van der Waals surface area contributed by atoms with Crippen LogP contribution < -0.4 is 5.32 Å². The van der Waals surface area contributed by atoms with Gasteiger partial charge >= 0.3 is 0 Å². The average Bonchev–Trinajstić information content (AvgIpc) is 3.09. The van der Waals surface area contributed by atoms with E-state index in [-0.39, 0.29) is 42.3 Å². The number of benzene rings is 1. The Morgan fingerprint density at radius 1 is 1.25 bits per heavy atom. The van der Waals surface area contributed by atoms with Crippen LogP contribution in [-0.4, -0.2) is 55.2 Å². The second-order valence-electron chi connectivity index (χ2n) is 8.76. The number of rotatable bonds is 6. The van der Waals surface area contributed by atoms with Gasteiger partial charge in [0, 0.05) is 26.0 Å². The zero-order valence-electron chi connectivity index (χ0n) is 16.8. The van der Waals surface area contributed by atoms with Gasteiger partial charge in [-0.2, -0.15) is 0 Å². The molecule has 1 N–H and O–H groups in total. The van der Waals surface area contributed by atoms with Crippen molar-refractivity contribution < 1.29 is 18.7 Å². The molecule has 6 heteroatoms. The number of aryl methyl sites for hydroxylation is 3. The van der Waals surface area contributed by atoms with Gasteiger partial charge in [-0.05, 0) is 49.8 Å². The fourth-order valence-electron chi connectivity index (χ4n) is 4.78. The highest BCUT2D eigenvalue weighted by Crippen LogP contribution is 2.68. The maximum Gasteiger partial charge on any atom is 0.227 e. The van der Waals surface area contributed by atoms with E-state index in [4.69, 9.17) is 4.74 Å². The molecule has 2 amide bonds. The lowest BCUT2D eigenvalue weighted by molar-refractivity contribution is -0.135. The summed E-state index contributed by atoms with van der Waals surface area (Å²) in [6.45, 7) is 4.44. The van der Waals surface area contributed by atoms with Crippen LogP contribution in [-0.2, 0) is 20.7 Å². The minimum atomic E-state index is -1.21. The second-order valence-corrected chi connectivity index (χ2v) is 8.76. The number of amides is 2. The van der Waals surface area contributed by atoms with Crippen molar-refractivity contribution in [2.24, 2.45) is 11.3 Å². The fourth-order valence-corrected chi connectivity index (χ4v) is 4.78. The first kappa shape index (κ1) is 19.4. The van der Waals surface area contributed by atoms with E-state index in [1.54, 1.807) is 12.0 Å². The number of alkyl halides is 1. The monoisotopic (exact) mass is 388 g/mol. The van der Waals surface area contributed by atoms with E-state index in [2.05, 4.69) is 31.3 Å². The number of methoxy groups -OCH3 is 1. The summed E-state index contributed by atoms with van der Waals surface area (Å²) in [4.78, 5) is 26.6. The number of nitrogens with one attached hydrogen (secondary N) is 1. The van der Waals surface area contributed by atoms with Crippen LogP contribution in [0.3, 0.4) is 0 Å². The lowest BCUT2D eigenvalue weighted by atomic mass is 9.81. The van der Waals surface area contributed by atoms with Crippen molar-refractivity contribution >= 4 is 11.8 Å². The van der Waals surface area contributed by atoms with Gasteiger partial charge in [0.05, 0.1) is 24.1 Å². The van der Waals surface area contributed by atoms with E-state index in [9.17, 15) is 14.0 Å². The lowest BCUT2D eigenvalue weighted by Gasteiger charge is -2.33. The van der Waals surface area contributed by atoms with Crippen molar-refractivity contribution in [1.82, 2.24) is 10.2 Å². The van der Waals surface area contributed by atoms with Gasteiger partial charge in [0.1, 0.15) is 6.17 Å². The fraction of sp³-hybridized carbons (Fsp3) is 0.636. The van der Waals surface area contributed by atoms with E-state index in [0.29, 0.717) is 12.8 Å². The topological polar surface area (TPSA) is 58.6 Å². The molecule has 1 saturated heterocycles. The summed E-state index contributed by atoms with van der Waals surface area (Å²) in [6, 6.07) is 5.60. The summed E-state index contributed by atoms with van der Waals surface area (Å²) in [5, 5.41) is 2.87. The molecule has 1 aliphatic heterocycles. The van der Waals surface area contributed by atoms with Crippen molar-refractivity contribution in [3.05, 3.63) is 34.9 Å². The Hall–Kier alpha value is -1.95. The highest BCUT2D eigenvalue weighted by atomic mass is 19.1. The van der Waals surface area contributed by atoms with E-state index < -0.39 is 12.2 Å². The molecule has 2 saturated carbocycles. The summed E-state index contributed by atoms with van der Waals surface area (Å²) in [5.74, 6) is 0.165. The predicted molar refractivity (Wildman–Crippen MR) is 104 cm³/mol. The Bertz CT molecular complexity index is 798. The Kier molecular flexibility index (Phi) is 4.94. The van der Waals surface area contributed by atoms with E-state index >= 15 is 0 Å². The number of nitrogens with zero attached hydrogens (tertiary/aromatic N) is 1. The minimum absolute atomic E-state index is 0.0526.